The predicted octanol–water partition coefficient (Wildman–Crippen LogP) is 4.69. The van der Waals surface area contributed by atoms with E-state index < -0.39 is 0 Å². The first kappa shape index (κ1) is 23.0. The van der Waals surface area contributed by atoms with E-state index in [9.17, 15) is 9.59 Å². The van der Waals surface area contributed by atoms with Gasteiger partial charge in [0.15, 0.2) is 0 Å². The fourth-order valence-corrected chi connectivity index (χ4v) is 5.13. The van der Waals surface area contributed by atoms with Crippen LogP contribution in [-0.2, 0) is 13.0 Å². The molecule has 1 saturated heterocycles. The Balaban J connectivity index is 1.10. The van der Waals surface area contributed by atoms with Crippen LogP contribution in [-0.4, -0.2) is 44.3 Å². The summed E-state index contributed by atoms with van der Waals surface area (Å²) in [5.41, 5.74) is 4.39. The Morgan fingerprint density at radius 1 is 1.11 bits per heavy atom. The number of aromatic nitrogens is 3. The molecule has 0 saturated carbocycles. The summed E-state index contributed by atoms with van der Waals surface area (Å²) in [6.45, 7) is 3.94. The van der Waals surface area contributed by atoms with Crippen molar-refractivity contribution in [3.05, 3.63) is 82.2 Å². The SMILES string of the molecule is CCc1nc(C(=O)N2CCC(c3ccc(NC(=O)NCc4ccn5ccnc5c4)cc3)CC2)cs1. The lowest BCUT2D eigenvalue weighted by molar-refractivity contribution is 0.0707. The Kier molecular flexibility index (Phi) is 6.76. The summed E-state index contributed by atoms with van der Waals surface area (Å²) in [5, 5.41) is 8.65. The van der Waals surface area contributed by atoms with Gasteiger partial charge in [0.25, 0.3) is 5.91 Å². The third kappa shape index (κ3) is 5.35. The van der Waals surface area contributed by atoms with Gasteiger partial charge in [-0.15, -0.1) is 11.3 Å². The molecule has 0 aliphatic carbocycles. The Bertz CT molecular complexity index is 1320. The van der Waals surface area contributed by atoms with Crippen LogP contribution in [0.5, 0.6) is 0 Å². The van der Waals surface area contributed by atoms with Gasteiger partial charge in [0.05, 0.1) is 5.01 Å². The molecule has 4 aromatic rings. The van der Waals surface area contributed by atoms with Crippen molar-refractivity contribution in [2.75, 3.05) is 18.4 Å². The number of nitrogens with zero attached hydrogens (tertiary/aromatic N) is 4. The number of likely N-dealkylation sites (tertiary alicyclic amines) is 1. The lowest BCUT2D eigenvalue weighted by Gasteiger charge is -2.32. The number of carbonyl (C=O) groups is 2. The molecule has 9 heteroatoms. The van der Waals surface area contributed by atoms with E-state index in [0.29, 0.717) is 18.2 Å². The molecular weight excluding hydrogens is 460 g/mol. The van der Waals surface area contributed by atoms with Gasteiger partial charge in [-0.2, -0.15) is 0 Å². The maximum atomic E-state index is 12.7. The number of fused-ring (bicyclic) bond motifs is 1. The normalized spacial score (nSPS) is 14.3. The number of amides is 3. The van der Waals surface area contributed by atoms with Crippen LogP contribution in [0.15, 0.2) is 60.4 Å². The molecule has 1 aliphatic rings. The number of rotatable bonds is 6. The van der Waals surface area contributed by atoms with Crippen LogP contribution in [0.3, 0.4) is 0 Å². The molecule has 35 heavy (non-hydrogen) atoms. The Morgan fingerprint density at radius 3 is 2.66 bits per heavy atom. The van der Waals surface area contributed by atoms with Crippen LogP contribution in [0.4, 0.5) is 10.5 Å². The molecule has 1 aromatic carbocycles. The summed E-state index contributed by atoms with van der Waals surface area (Å²) in [4.78, 5) is 35.7. The van der Waals surface area contributed by atoms with Crippen molar-refractivity contribution in [3.8, 4) is 0 Å². The molecule has 0 radical (unpaired) electrons. The number of nitrogens with one attached hydrogen (secondary N) is 2. The van der Waals surface area contributed by atoms with Crippen LogP contribution in [0, 0.1) is 0 Å². The molecule has 4 heterocycles. The van der Waals surface area contributed by atoms with Crippen molar-refractivity contribution in [1.29, 1.82) is 0 Å². The number of imidazole rings is 1. The van der Waals surface area contributed by atoms with E-state index in [1.807, 2.05) is 51.3 Å². The Labute approximate surface area is 208 Å². The monoisotopic (exact) mass is 488 g/mol. The number of benzene rings is 1. The summed E-state index contributed by atoms with van der Waals surface area (Å²) in [5.74, 6) is 0.441. The average Bonchev–Trinajstić information content (AvgIpc) is 3.57. The van der Waals surface area contributed by atoms with Crippen molar-refractivity contribution in [1.82, 2.24) is 24.6 Å². The number of hydrogen-bond donors (Lipinski definition) is 2. The second-order valence-electron chi connectivity index (χ2n) is 8.70. The molecule has 3 amide bonds. The minimum atomic E-state index is -0.249. The largest absolute Gasteiger partial charge is 0.337 e. The van der Waals surface area contributed by atoms with E-state index in [1.165, 1.54) is 5.56 Å². The van der Waals surface area contributed by atoms with Gasteiger partial charge in [-0.1, -0.05) is 19.1 Å². The molecule has 5 rings (SSSR count). The van der Waals surface area contributed by atoms with Gasteiger partial charge < -0.3 is 19.9 Å². The predicted molar refractivity (Wildman–Crippen MR) is 137 cm³/mol. The summed E-state index contributed by atoms with van der Waals surface area (Å²) < 4.78 is 1.93. The first-order valence-corrected chi connectivity index (χ1v) is 12.8. The fraction of sp³-hybridized carbons (Fsp3) is 0.308. The first-order valence-electron chi connectivity index (χ1n) is 11.9. The number of urea groups is 1. The van der Waals surface area contributed by atoms with Crippen LogP contribution in [0.1, 0.15) is 52.3 Å². The van der Waals surface area contributed by atoms with Crippen LogP contribution in [0.2, 0.25) is 0 Å². The lowest BCUT2D eigenvalue weighted by atomic mass is 9.89. The average molecular weight is 489 g/mol. The second-order valence-corrected chi connectivity index (χ2v) is 9.65. The van der Waals surface area contributed by atoms with Gasteiger partial charge in [-0.25, -0.2) is 14.8 Å². The summed E-state index contributed by atoms with van der Waals surface area (Å²) >= 11 is 1.55. The zero-order valence-electron chi connectivity index (χ0n) is 19.6. The molecule has 2 N–H and O–H groups in total. The highest BCUT2D eigenvalue weighted by atomic mass is 32.1. The molecule has 0 unspecified atom stereocenters. The highest BCUT2D eigenvalue weighted by molar-refractivity contribution is 7.09. The van der Waals surface area contributed by atoms with Crippen LogP contribution < -0.4 is 10.6 Å². The molecule has 1 aliphatic heterocycles. The van der Waals surface area contributed by atoms with E-state index in [-0.39, 0.29) is 11.9 Å². The lowest BCUT2D eigenvalue weighted by Crippen LogP contribution is -2.38. The van der Waals surface area contributed by atoms with Crippen molar-refractivity contribution >= 4 is 34.6 Å². The Morgan fingerprint density at radius 2 is 1.91 bits per heavy atom. The van der Waals surface area contributed by atoms with Gasteiger partial charge in [0, 0.05) is 49.3 Å². The Hall–Kier alpha value is -3.72. The van der Waals surface area contributed by atoms with Gasteiger partial charge in [-0.05, 0) is 60.6 Å². The van der Waals surface area contributed by atoms with Crippen molar-refractivity contribution in [2.45, 2.75) is 38.6 Å². The number of thiazole rings is 1. The number of anilines is 1. The zero-order valence-corrected chi connectivity index (χ0v) is 20.4. The molecule has 0 bridgehead atoms. The highest BCUT2D eigenvalue weighted by Gasteiger charge is 2.25. The number of carbonyl (C=O) groups excluding carboxylic acids is 2. The zero-order chi connectivity index (χ0) is 24.2. The third-order valence-corrected chi connectivity index (χ3v) is 7.40. The van der Waals surface area contributed by atoms with Gasteiger partial charge in [0.1, 0.15) is 11.3 Å². The maximum Gasteiger partial charge on any atom is 0.319 e. The number of aryl methyl sites for hydroxylation is 1. The van der Waals surface area contributed by atoms with Crippen molar-refractivity contribution in [2.24, 2.45) is 0 Å². The van der Waals surface area contributed by atoms with Gasteiger partial charge in [0.2, 0.25) is 0 Å². The van der Waals surface area contributed by atoms with Gasteiger partial charge in [-0.3, -0.25) is 4.79 Å². The van der Waals surface area contributed by atoms with Crippen LogP contribution >= 0.6 is 11.3 Å². The third-order valence-electron chi connectivity index (χ3n) is 6.41. The molecule has 8 nitrogen and oxygen atoms in total. The summed E-state index contributed by atoms with van der Waals surface area (Å²) in [7, 11) is 0. The quantitative estimate of drug-likeness (QED) is 0.412. The topological polar surface area (TPSA) is 91.6 Å². The minimum Gasteiger partial charge on any atom is -0.337 e. The maximum absolute atomic E-state index is 12.7. The van der Waals surface area contributed by atoms with Crippen LogP contribution in [0.25, 0.3) is 5.65 Å². The standard InChI is InChI=1S/C26H28N6O2S/c1-2-24-30-22(17-35-24)25(33)32-12-8-20(9-13-32)19-3-5-21(6-4-19)29-26(34)28-16-18-7-11-31-14-10-27-23(31)15-18/h3-7,10-11,14-15,17,20H,2,8-9,12-13,16H2,1H3,(H2,28,29,34). The second kappa shape index (κ2) is 10.3. The van der Waals surface area contributed by atoms with E-state index in [4.69, 9.17) is 0 Å². The number of piperidine rings is 1. The molecule has 180 valence electrons. The van der Waals surface area contributed by atoms with E-state index in [1.54, 1.807) is 17.5 Å². The number of pyridine rings is 1. The molecule has 1 fully saturated rings. The smallest absolute Gasteiger partial charge is 0.319 e. The molecule has 0 spiro atoms. The van der Waals surface area contributed by atoms with E-state index in [2.05, 4.69) is 39.7 Å². The molecule has 0 atom stereocenters. The summed E-state index contributed by atoms with van der Waals surface area (Å²) in [6, 6.07) is 11.7. The minimum absolute atomic E-state index is 0.0367. The highest BCUT2D eigenvalue weighted by Crippen LogP contribution is 2.29. The van der Waals surface area contributed by atoms with Gasteiger partial charge >= 0.3 is 6.03 Å². The van der Waals surface area contributed by atoms with Crippen molar-refractivity contribution < 1.29 is 9.59 Å². The molecule has 3 aromatic heterocycles. The first-order chi connectivity index (χ1) is 17.1. The fourth-order valence-electron chi connectivity index (χ4n) is 4.41. The van der Waals surface area contributed by atoms with Crippen molar-refractivity contribution in [3.63, 3.8) is 0 Å². The van der Waals surface area contributed by atoms with E-state index >= 15 is 0 Å². The summed E-state index contributed by atoms with van der Waals surface area (Å²) in [6.07, 6.45) is 8.26. The number of hydrogen-bond acceptors (Lipinski definition) is 5. The van der Waals surface area contributed by atoms with E-state index in [0.717, 1.165) is 54.3 Å². The molecular formula is C26H28N6O2S.